The van der Waals surface area contributed by atoms with Crippen LogP contribution in [0.15, 0.2) is 30.5 Å². The zero-order valence-electron chi connectivity index (χ0n) is 10.7. The van der Waals surface area contributed by atoms with Crippen LogP contribution < -0.4 is 0 Å². The lowest BCUT2D eigenvalue weighted by Gasteiger charge is -2.00. The van der Waals surface area contributed by atoms with Crippen LogP contribution in [-0.2, 0) is 4.74 Å². The van der Waals surface area contributed by atoms with Crippen LogP contribution in [0.5, 0.6) is 0 Å². The molecular weight excluding hydrogens is 261 g/mol. The predicted molar refractivity (Wildman–Crippen MR) is 71.8 cm³/mol. The first-order valence-electron chi connectivity index (χ1n) is 6.19. The monoisotopic (exact) mass is 273 g/mol. The number of esters is 1. The van der Waals surface area contributed by atoms with Crippen molar-refractivity contribution in [2.24, 2.45) is 0 Å². The van der Waals surface area contributed by atoms with Crippen molar-refractivity contribution in [3.05, 3.63) is 42.0 Å². The van der Waals surface area contributed by atoms with Gasteiger partial charge in [0.05, 0.1) is 17.8 Å². The summed E-state index contributed by atoms with van der Waals surface area (Å²) in [7, 11) is 0. The third-order valence-corrected chi connectivity index (χ3v) is 3.02. The van der Waals surface area contributed by atoms with Crippen molar-refractivity contribution in [3.63, 3.8) is 0 Å². The SMILES string of the molecule is CCOC(=O)c1cc(-c2ccc(F)c3cc[nH]c23)n[nH]1. The molecule has 20 heavy (non-hydrogen) atoms. The van der Waals surface area contributed by atoms with E-state index >= 15 is 0 Å². The second-order valence-corrected chi connectivity index (χ2v) is 4.25. The summed E-state index contributed by atoms with van der Waals surface area (Å²) in [6, 6.07) is 6.25. The van der Waals surface area contributed by atoms with Crippen molar-refractivity contribution in [3.8, 4) is 11.3 Å². The first kappa shape index (κ1) is 12.4. The standard InChI is InChI=1S/C14H12FN3O2/c1-2-20-14(19)12-7-11(17-18-12)9-3-4-10(15)8-5-6-16-13(8)9/h3-7,16H,2H2,1H3,(H,17,18). The number of carbonyl (C=O) groups excluding carboxylic acids is 1. The van der Waals surface area contributed by atoms with E-state index in [1.165, 1.54) is 6.07 Å². The van der Waals surface area contributed by atoms with Gasteiger partial charge in [0.1, 0.15) is 11.5 Å². The second kappa shape index (κ2) is 4.80. The lowest BCUT2D eigenvalue weighted by Crippen LogP contribution is -2.04. The molecule has 0 bridgehead atoms. The van der Waals surface area contributed by atoms with Gasteiger partial charge in [-0.2, -0.15) is 5.10 Å². The van der Waals surface area contributed by atoms with Crippen LogP contribution in [0.2, 0.25) is 0 Å². The highest BCUT2D eigenvalue weighted by atomic mass is 19.1. The third-order valence-electron chi connectivity index (χ3n) is 3.02. The molecule has 0 spiro atoms. The molecular formula is C14H12FN3O2. The van der Waals surface area contributed by atoms with Crippen molar-refractivity contribution >= 4 is 16.9 Å². The Morgan fingerprint density at radius 2 is 2.25 bits per heavy atom. The Kier molecular flexibility index (Phi) is 2.98. The molecule has 0 aliphatic heterocycles. The number of H-pyrrole nitrogens is 2. The van der Waals surface area contributed by atoms with Gasteiger partial charge in [0.25, 0.3) is 0 Å². The second-order valence-electron chi connectivity index (χ2n) is 4.25. The third kappa shape index (κ3) is 1.95. The molecule has 0 aliphatic carbocycles. The fourth-order valence-corrected chi connectivity index (χ4v) is 2.11. The molecule has 0 unspecified atom stereocenters. The lowest BCUT2D eigenvalue weighted by molar-refractivity contribution is 0.0519. The molecule has 0 aliphatic rings. The molecule has 6 heteroatoms. The van der Waals surface area contributed by atoms with Gasteiger partial charge in [-0.05, 0) is 31.2 Å². The summed E-state index contributed by atoms with van der Waals surface area (Å²) in [5.74, 6) is -0.762. The summed E-state index contributed by atoms with van der Waals surface area (Å²) in [5.41, 5.74) is 2.19. The van der Waals surface area contributed by atoms with E-state index in [2.05, 4.69) is 15.2 Å². The summed E-state index contributed by atoms with van der Waals surface area (Å²) >= 11 is 0. The molecule has 2 N–H and O–H groups in total. The number of nitrogens with one attached hydrogen (secondary N) is 2. The van der Waals surface area contributed by atoms with Gasteiger partial charge in [-0.25, -0.2) is 9.18 Å². The molecule has 3 aromatic rings. The Morgan fingerprint density at radius 1 is 1.40 bits per heavy atom. The van der Waals surface area contributed by atoms with Crippen molar-refractivity contribution < 1.29 is 13.9 Å². The Morgan fingerprint density at radius 3 is 3.05 bits per heavy atom. The fraction of sp³-hybridized carbons (Fsp3) is 0.143. The molecule has 0 radical (unpaired) electrons. The zero-order valence-corrected chi connectivity index (χ0v) is 10.7. The minimum absolute atomic E-state index is 0.269. The van der Waals surface area contributed by atoms with Gasteiger partial charge in [0.15, 0.2) is 0 Å². The van der Waals surface area contributed by atoms with Crippen LogP contribution in [0.4, 0.5) is 4.39 Å². The number of rotatable bonds is 3. The maximum absolute atomic E-state index is 13.6. The number of ether oxygens (including phenoxy) is 1. The van der Waals surface area contributed by atoms with E-state index in [1.807, 2.05) is 0 Å². The van der Waals surface area contributed by atoms with Gasteiger partial charge in [-0.15, -0.1) is 0 Å². The minimum atomic E-state index is -0.462. The molecule has 2 heterocycles. The molecule has 0 saturated heterocycles. The van der Waals surface area contributed by atoms with E-state index in [0.29, 0.717) is 23.2 Å². The van der Waals surface area contributed by atoms with Crippen molar-refractivity contribution in [1.29, 1.82) is 0 Å². The van der Waals surface area contributed by atoms with Gasteiger partial charge in [-0.1, -0.05) is 0 Å². The van der Waals surface area contributed by atoms with Crippen LogP contribution >= 0.6 is 0 Å². The maximum atomic E-state index is 13.6. The van der Waals surface area contributed by atoms with Gasteiger partial charge in [0.2, 0.25) is 0 Å². The summed E-state index contributed by atoms with van der Waals surface area (Å²) < 4.78 is 18.5. The normalized spacial score (nSPS) is 10.9. The quantitative estimate of drug-likeness (QED) is 0.721. The number of benzene rings is 1. The summed E-state index contributed by atoms with van der Waals surface area (Å²) in [4.78, 5) is 14.6. The number of hydrogen-bond acceptors (Lipinski definition) is 3. The summed E-state index contributed by atoms with van der Waals surface area (Å²) in [5, 5.41) is 7.20. The highest BCUT2D eigenvalue weighted by Crippen LogP contribution is 2.28. The molecule has 0 atom stereocenters. The maximum Gasteiger partial charge on any atom is 0.356 e. The van der Waals surface area contributed by atoms with Crippen molar-refractivity contribution in [2.75, 3.05) is 6.61 Å². The fourth-order valence-electron chi connectivity index (χ4n) is 2.11. The van der Waals surface area contributed by atoms with Gasteiger partial charge in [-0.3, -0.25) is 5.10 Å². The highest BCUT2D eigenvalue weighted by Gasteiger charge is 2.15. The number of carbonyl (C=O) groups is 1. The Balaban J connectivity index is 2.06. The lowest BCUT2D eigenvalue weighted by atomic mass is 10.1. The minimum Gasteiger partial charge on any atom is -0.461 e. The van der Waals surface area contributed by atoms with Crippen LogP contribution in [-0.4, -0.2) is 27.8 Å². The first-order valence-corrected chi connectivity index (χ1v) is 6.19. The molecule has 2 aromatic heterocycles. The Hall–Kier alpha value is -2.63. The largest absolute Gasteiger partial charge is 0.461 e. The number of nitrogens with zero attached hydrogens (tertiary/aromatic N) is 1. The van der Waals surface area contributed by atoms with Crippen LogP contribution in [0.3, 0.4) is 0 Å². The van der Waals surface area contributed by atoms with E-state index in [-0.39, 0.29) is 11.5 Å². The van der Waals surface area contributed by atoms with Crippen molar-refractivity contribution in [1.82, 2.24) is 15.2 Å². The molecule has 5 nitrogen and oxygen atoms in total. The van der Waals surface area contributed by atoms with Crippen LogP contribution in [0.25, 0.3) is 22.2 Å². The van der Waals surface area contributed by atoms with E-state index in [4.69, 9.17) is 4.74 Å². The first-order chi connectivity index (χ1) is 9.70. The average Bonchev–Trinajstić information content (AvgIpc) is 3.08. The Labute approximate surface area is 113 Å². The van der Waals surface area contributed by atoms with E-state index in [9.17, 15) is 9.18 Å². The molecule has 1 aromatic carbocycles. The van der Waals surface area contributed by atoms with E-state index in [0.717, 1.165) is 5.56 Å². The van der Waals surface area contributed by atoms with Crippen LogP contribution in [0, 0.1) is 5.82 Å². The molecule has 102 valence electrons. The van der Waals surface area contributed by atoms with Gasteiger partial charge >= 0.3 is 5.97 Å². The number of aromatic amines is 2. The number of aromatic nitrogens is 3. The number of halogens is 1. The topological polar surface area (TPSA) is 70.8 Å². The molecule has 3 rings (SSSR count). The summed E-state index contributed by atoms with van der Waals surface area (Å²) in [6.45, 7) is 2.03. The Bertz CT molecular complexity index is 776. The van der Waals surface area contributed by atoms with Gasteiger partial charge in [0, 0.05) is 17.1 Å². The zero-order chi connectivity index (χ0) is 14.1. The summed E-state index contributed by atoms with van der Waals surface area (Å²) in [6.07, 6.45) is 1.66. The van der Waals surface area contributed by atoms with Crippen LogP contribution in [0.1, 0.15) is 17.4 Å². The number of hydrogen-bond donors (Lipinski definition) is 2. The van der Waals surface area contributed by atoms with E-state index < -0.39 is 5.97 Å². The molecule has 0 saturated carbocycles. The average molecular weight is 273 g/mol. The highest BCUT2D eigenvalue weighted by molar-refractivity contribution is 5.95. The predicted octanol–water partition coefficient (Wildman–Crippen LogP) is 2.87. The number of fused-ring (bicyclic) bond motifs is 1. The van der Waals surface area contributed by atoms with Crippen molar-refractivity contribution in [2.45, 2.75) is 6.92 Å². The molecule has 0 fully saturated rings. The van der Waals surface area contributed by atoms with E-state index in [1.54, 1.807) is 31.3 Å². The smallest absolute Gasteiger partial charge is 0.356 e. The van der Waals surface area contributed by atoms with Gasteiger partial charge < -0.3 is 9.72 Å². The molecule has 0 amide bonds.